The Morgan fingerprint density at radius 3 is 2.31 bits per heavy atom. The third kappa shape index (κ3) is 1.74. The Labute approximate surface area is 95.4 Å². The maximum absolute atomic E-state index is 10.3. The maximum atomic E-state index is 10.3. The first-order chi connectivity index (χ1) is 7.59. The van der Waals surface area contributed by atoms with Crippen LogP contribution in [0.15, 0.2) is 18.2 Å². The van der Waals surface area contributed by atoms with Crippen LogP contribution < -0.4 is 9.47 Å². The normalized spacial score (nSPS) is 19.0. The molecule has 4 nitrogen and oxygen atoms in total. The summed E-state index contributed by atoms with van der Waals surface area (Å²) in [7, 11) is 5.18. The van der Waals surface area contributed by atoms with Crippen molar-refractivity contribution in [1.29, 1.82) is 0 Å². The summed E-state index contributed by atoms with van der Waals surface area (Å²) in [6, 6.07) is 5.55. The van der Waals surface area contributed by atoms with E-state index in [-0.39, 0.29) is 0 Å². The molecule has 1 aliphatic rings. The fraction of sp³-hybridized carbons (Fsp3) is 0.500. The van der Waals surface area contributed by atoms with Gasteiger partial charge >= 0.3 is 0 Å². The van der Waals surface area contributed by atoms with Crippen molar-refractivity contribution >= 4 is 0 Å². The van der Waals surface area contributed by atoms with Gasteiger partial charge in [0.05, 0.1) is 14.2 Å². The highest BCUT2D eigenvalue weighted by atomic mass is 16.5. The molecule has 1 heterocycles. The molecule has 1 N–H and O–H groups in total. The van der Waals surface area contributed by atoms with Crippen molar-refractivity contribution < 1.29 is 14.6 Å². The van der Waals surface area contributed by atoms with Crippen molar-refractivity contribution in [1.82, 2.24) is 4.90 Å². The lowest BCUT2D eigenvalue weighted by Gasteiger charge is -2.44. The molecule has 0 aliphatic carbocycles. The van der Waals surface area contributed by atoms with Crippen molar-refractivity contribution in [2.45, 2.75) is 5.60 Å². The third-order valence-electron chi connectivity index (χ3n) is 2.98. The van der Waals surface area contributed by atoms with E-state index in [4.69, 9.17) is 9.47 Å². The lowest BCUT2D eigenvalue weighted by Crippen LogP contribution is -2.57. The second kappa shape index (κ2) is 3.96. The largest absolute Gasteiger partial charge is 0.493 e. The molecule has 88 valence electrons. The Kier molecular flexibility index (Phi) is 2.78. The number of hydrogen-bond acceptors (Lipinski definition) is 4. The first kappa shape index (κ1) is 11.2. The predicted molar refractivity (Wildman–Crippen MR) is 60.9 cm³/mol. The smallest absolute Gasteiger partial charge is 0.161 e. The molecule has 0 unspecified atom stereocenters. The number of rotatable bonds is 3. The van der Waals surface area contributed by atoms with E-state index >= 15 is 0 Å². The number of methoxy groups -OCH3 is 2. The summed E-state index contributed by atoms with van der Waals surface area (Å²) in [4.78, 5) is 2.07. The number of aliphatic hydroxyl groups is 1. The molecule has 0 amide bonds. The second-order valence-electron chi connectivity index (χ2n) is 4.27. The Hall–Kier alpha value is -1.26. The molecule has 1 fully saturated rings. The minimum Gasteiger partial charge on any atom is -0.493 e. The third-order valence-corrected chi connectivity index (χ3v) is 2.98. The van der Waals surface area contributed by atoms with Gasteiger partial charge in [0.1, 0.15) is 5.60 Å². The molecule has 16 heavy (non-hydrogen) atoms. The van der Waals surface area contributed by atoms with Gasteiger partial charge in [0, 0.05) is 13.1 Å². The summed E-state index contributed by atoms with van der Waals surface area (Å²) in [6.07, 6.45) is 0. The molecular formula is C12H17NO3. The van der Waals surface area contributed by atoms with Gasteiger partial charge in [0.25, 0.3) is 0 Å². The molecule has 1 aliphatic heterocycles. The molecule has 0 atom stereocenters. The molecule has 1 saturated heterocycles. The van der Waals surface area contributed by atoms with Gasteiger partial charge in [-0.3, -0.25) is 4.90 Å². The topological polar surface area (TPSA) is 41.9 Å². The average Bonchev–Trinajstić information content (AvgIpc) is 2.26. The summed E-state index contributed by atoms with van der Waals surface area (Å²) in [5.74, 6) is 1.34. The summed E-state index contributed by atoms with van der Waals surface area (Å²) < 4.78 is 10.4. The number of ether oxygens (including phenoxy) is 2. The van der Waals surface area contributed by atoms with Crippen LogP contribution in [-0.2, 0) is 5.60 Å². The second-order valence-corrected chi connectivity index (χ2v) is 4.27. The zero-order valence-corrected chi connectivity index (χ0v) is 9.86. The molecular weight excluding hydrogens is 206 g/mol. The number of benzene rings is 1. The molecule has 2 rings (SSSR count). The first-order valence-electron chi connectivity index (χ1n) is 5.22. The highest BCUT2D eigenvalue weighted by Gasteiger charge is 2.40. The summed E-state index contributed by atoms with van der Waals surface area (Å²) in [5, 5.41) is 10.3. The summed E-state index contributed by atoms with van der Waals surface area (Å²) in [5.41, 5.74) is 0.136. The zero-order valence-electron chi connectivity index (χ0n) is 9.86. The molecule has 0 bridgehead atoms. The van der Waals surface area contributed by atoms with E-state index in [1.165, 1.54) is 0 Å². The van der Waals surface area contributed by atoms with Gasteiger partial charge in [-0.15, -0.1) is 0 Å². The van der Waals surface area contributed by atoms with Crippen molar-refractivity contribution in [3.63, 3.8) is 0 Å². The standard InChI is InChI=1S/C12H17NO3/c1-13-7-12(14,8-13)9-4-5-10(15-2)11(6-9)16-3/h4-6,14H,7-8H2,1-3H3. The SMILES string of the molecule is COc1ccc(C2(O)CN(C)C2)cc1OC. The van der Waals surface area contributed by atoms with Crippen LogP contribution in [0.5, 0.6) is 11.5 Å². The van der Waals surface area contributed by atoms with Crippen LogP contribution in [0.2, 0.25) is 0 Å². The molecule has 0 radical (unpaired) electrons. The molecule has 1 aromatic carbocycles. The van der Waals surface area contributed by atoms with Crippen molar-refractivity contribution in [3.05, 3.63) is 23.8 Å². The summed E-state index contributed by atoms with van der Waals surface area (Å²) in [6.45, 7) is 1.31. The van der Waals surface area contributed by atoms with Crippen LogP contribution in [0.4, 0.5) is 0 Å². The summed E-state index contributed by atoms with van der Waals surface area (Å²) >= 11 is 0. The molecule has 0 spiro atoms. The lowest BCUT2D eigenvalue weighted by atomic mass is 9.86. The molecule has 0 saturated carbocycles. The van der Waals surface area contributed by atoms with Gasteiger partial charge in [-0.1, -0.05) is 6.07 Å². The fourth-order valence-corrected chi connectivity index (χ4v) is 2.16. The number of nitrogens with zero attached hydrogens (tertiary/aromatic N) is 1. The number of hydrogen-bond donors (Lipinski definition) is 1. The first-order valence-corrected chi connectivity index (χ1v) is 5.22. The Morgan fingerprint density at radius 1 is 1.19 bits per heavy atom. The number of likely N-dealkylation sites (tertiary alicyclic amines) is 1. The monoisotopic (exact) mass is 223 g/mol. The molecule has 0 aromatic heterocycles. The predicted octanol–water partition coefficient (Wildman–Crippen LogP) is 0.837. The molecule has 1 aromatic rings. The minimum atomic E-state index is -0.742. The van der Waals surface area contributed by atoms with Gasteiger partial charge < -0.3 is 14.6 Å². The average molecular weight is 223 g/mol. The van der Waals surface area contributed by atoms with Crippen LogP contribution in [0.1, 0.15) is 5.56 Å². The molecule has 4 heteroatoms. The van der Waals surface area contributed by atoms with E-state index in [1.54, 1.807) is 14.2 Å². The van der Waals surface area contributed by atoms with Gasteiger partial charge in [-0.25, -0.2) is 0 Å². The van der Waals surface area contributed by atoms with E-state index in [1.807, 2.05) is 25.2 Å². The maximum Gasteiger partial charge on any atom is 0.161 e. The van der Waals surface area contributed by atoms with Crippen LogP contribution in [0.25, 0.3) is 0 Å². The van der Waals surface area contributed by atoms with Gasteiger partial charge in [-0.05, 0) is 24.7 Å². The van der Waals surface area contributed by atoms with Crippen molar-refractivity contribution in [2.75, 3.05) is 34.4 Å². The van der Waals surface area contributed by atoms with Gasteiger partial charge in [0.2, 0.25) is 0 Å². The van der Waals surface area contributed by atoms with E-state index in [2.05, 4.69) is 4.90 Å². The van der Waals surface area contributed by atoms with E-state index in [0.29, 0.717) is 24.6 Å². The Morgan fingerprint density at radius 2 is 1.81 bits per heavy atom. The van der Waals surface area contributed by atoms with Crippen LogP contribution in [-0.4, -0.2) is 44.4 Å². The Bertz CT molecular complexity index is 386. The van der Waals surface area contributed by atoms with Gasteiger partial charge in [0.15, 0.2) is 11.5 Å². The quantitative estimate of drug-likeness (QED) is 0.824. The highest BCUT2D eigenvalue weighted by Crippen LogP contribution is 2.36. The van der Waals surface area contributed by atoms with Crippen LogP contribution >= 0.6 is 0 Å². The zero-order chi connectivity index (χ0) is 11.8. The van der Waals surface area contributed by atoms with E-state index in [0.717, 1.165) is 5.56 Å². The minimum absolute atomic E-state index is 0.655. The number of β-amino-alcohol motifs (C(OH)–C–C–N with tert-alkyl or cyclic N) is 1. The van der Waals surface area contributed by atoms with Crippen LogP contribution in [0, 0.1) is 0 Å². The van der Waals surface area contributed by atoms with Gasteiger partial charge in [-0.2, -0.15) is 0 Å². The van der Waals surface area contributed by atoms with E-state index < -0.39 is 5.60 Å². The van der Waals surface area contributed by atoms with Crippen LogP contribution in [0.3, 0.4) is 0 Å². The highest BCUT2D eigenvalue weighted by molar-refractivity contribution is 5.45. The fourth-order valence-electron chi connectivity index (χ4n) is 2.16. The number of likely N-dealkylation sites (N-methyl/N-ethyl adjacent to an activating group) is 1. The Balaban J connectivity index is 2.29. The van der Waals surface area contributed by atoms with Crippen molar-refractivity contribution in [2.24, 2.45) is 0 Å². The van der Waals surface area contributed by atoms with E-state index in [9.17, 15) is 5.11 Å². The van der Waals surface area contributed by atoms with Crippen molar-refractivity contribution in [3.8, 4) is 11.5 Å². The lowest BCUT2D eigenvalue weighted by molar-refractivity contribution is -0.0919.